The number of ether oxygens (including phenoxy) is 1. The maximum atomic E-state index is 12.5. The lowest BCUT2D eigenvalue weighted by molar-refractivity contribution is -0.137. The smallest absolute Gasteiger partial charge is 0.265 e. The van der Waals surface area contributed by atoms with Crippen LogP contribution in [0, 0.1) is 0 Å². The number of nitrogens with zero attached hydrogens (tertiary/aromatic N) is 3. The summed E-state index contributed by atoms with van der Waals surface area (Å²) in [4.78, 5) is 38.6. The molecule has 0 saturated carbocycles. The van der Waals surface area contributed by atoms with Gasteiger partial charge in [-0.15, -0.1) is 0 Å². The normalized spacial score (nSPS) is 18.0. The highest BCUT2D eigenvalue weighted by molar-refractivity contribution is 7.86. The molecular formula is C42H51N4O14S3-. The number of rotatable bonds is 23. The first-order chi connectivity index (χ1) is 29.7. The minimum absolute atomic E-state index is 0.0536. The summed E-state index contributed by atoms with van der Waals surface area (Å²) < 4.78 is 117. The summed E-state index contributed by atoms with van der Waals surface area (Å²) in [5.41, 5.74) is 2.16. The maximum Gasteiger partial charge on any atom is 0.265 e. The second kappa shape index (κ2) is 21.1. The van der Waals surface area contributed by atoms with Gasteiger partial charge in [-0.3, -0.25) is 23.8 Å². The average molecular weight is 932 g/mol. The number of amides is 3. The number of hydrogen-bond donors (Lipinski definition) is 2. The lowest BCUT2D eigenvalue weighted by Gasteiger charge is -2.31. The van der Waals surface area contributed by atoms with E-state index in [1.807, 2.05) is 39.8 Å². The molecule has 1 aromatic rings. The minimum Gasteiger partial charge on any atom is -0.748 e. The van der Waals surface area contributed by atoms with Gasteiger partial charge < -0.3 is 28.5 Å². The van der Waals surface area contributed by atoms with Crippen molar-refractivity contribution in [2.24, 2.45) is 0 Å². The number of hydrogen-bond acceptors (Lipinski definition) is 14. The maximum absolute atomic E-state index is 12.5. The SMILES string of the molecule is COCC[N+](CCCS(=O)(=O)O)=c1ccc2c(/C=C/C=C3/N(CCCCCC(=O)NCCN4C(=O)C=CC4=O)c4ccc(S(=O)(=O)[O-])cc4C3(C)CCCS(=O)(=O)[O-])ccoc-2c1. The van der Waals surface area contributed by atoms with E-state index in [1.165, 1.54) is 36.6 Å². The van der Waals surface area contributed by atoms with Crippen molar-refractivity contribution in [1.29, 1.82) is 0 Å². The first kappa shape index (κ1) is 49.0. The Bertz CT molecular complexity index is 2640. The Hall–Kier alpha value is -5.03. The molecular weight excluding hydrogens is 881 g/mol. The van der Waals surface area contributed by atoms with Crippen LogP contribution in [0.2, 0.25) is 0 Å². The molecule has 63 heavy (non-hydrogen) atoms. The zero-order valence-corrected chi connectivity index (χ0v) is 37.4. The van der Waals surface area contributed by atoms with Crippen molar-refractivity contribution >= 4 is 59.8 Å². The van der Waals surface area contributed by atoms with Gasteiger partial charge in [-0.2, -0.15) is 8.42 Å². The van der Waals surface area contributed by atoms with Crippen LogP contribution in [0.15, 0.2) is 88.0 Å². The topological polar surface area (TPSA) is 264 Å². The summed E-state index contributed by atoms with van der Waals surface area (Å²) in [6.45, 7) is 3.49. The second-order valence-electron chi connectivity index (χ2n) is 15.4. The summed E-state index contributed by atoms with van der Waals surface area (Å²) in [6, 6.07) is 11.3. The Morgan fingerprint density at radius 2 is 1.65 bits per heavy atom. The Labute approximate surface area is 367 Å². The molecule has 21 heteroatoms. The number of carbonyl (C=O) groups excluding carboxylic acids is 3. The van der Waals surface area contributed by atoms with Gasteiger partial charge in [0.05, 0.1) is 33.1 Å². The number of methoxy groups -OCH3 is 1. The van der Waals surface area contributed by atoms with E-state index in [0.717, 1.165) is 21.4 Å². The highest BCUT2D eigenvalue weighted by Crippen LogP contribution is 2.51. The number of fused-ring (bicyclic) bond motifs is 2. The summed E-state index contributed by atoms with van der Waals surface area (Å²) >= 11 is 0. The molecule has 18 nitrogen and oxygen atoms in total. The third kappa shape index (κ3) is 13.5. The monoisotopic (exact) mass is 931 g/mol. The fourth-order valence-corrected chi connectivity index (χ4v) is 9.27. The number of allylic oxidation sites excluding steroid dienone is 3. The fraction of sp³-hybridized carbons (Fsp3) is 0.429. The molecule has 342 valence electrons. The van der Waals surface area contributed by atoms with E-state index >= 15 is 0 Å². The molecule has 5 rings (SSSR count). The number of imide groups is 1. The third-order valence-electron chi connectivity index (χ3n) is 10.9. The van der Waals surface area contributed by atoms with Crippen molar-refractivity contribution in [2.45, 2.75) is 62.2 Å². The molecule has 3 heterocycles. The van der Waals surface area contributed by atoms with Crippen LogP contribution in [-0.2, 0) is 54.9 Å². The second-order valence-corrected chi connectivity index (χ2v) is 19.9. The predicted octanol–water partition coefficient (Wildman–Crippen LogP) is 2.59. The molecule has 1 aliphatic carbocycles. The predicted molar refractivity (Wildman–Crippen MR) is 231 cm³/mol. The van der Waals surface area contributed by atoms with Crippen molar-refractivity contribution in [3.05, 3.63) is 95.2 Å². The van der Waals surface area contributed by atoms with Crippen LogP contribution in [-0.4, -0.2) is 119 Å². The van der Waals surface area contributed by atoms with Crippen molar-refractivity contribution in [3.63, 3.8) is 0 Å². The summed E-state index contributed by atoms with van der Waals surface area (Å²) in [7, 11) is -12.0. The van der Waals surface area contributed by atoms with Crippen molar-refractivity contribution in [2.75, 3.05) is 62.8 Å². The number of benzene rings is 2. The number of nitrogens with one attached hydrogen (secondary N) is 1. The van der Waals surface area contributed by atoms with E-state index in [9.17, 15) is 53.3 Å². The van der Waals surface area contributed by atoms with E-state index < -0.39 is 64.0 Å². The fourth-order valence-electron chi connectivity index (χ4n) is 7.78. The van der Waals surface area contributed by atoms with Crippen LogP contribution < -0.4 is 20.1 Å². The average Bonchev–Trinajstić information content (AvgIpc) is 3.64. The molecule has 0 spiro atoms. The summed E-state index contributed by atoms with van der Waals surface area (Å²) in [5, 5.41) is 3.46. The molecule has 3 aliphatic heterocycles. The van der Waals surface area contributed by atoms with Gasteiger partial charge in [-0.05, 0) is 80.1 Å². The molecule has 0 fully saturated rings. The Kier molecular flexibility index (Phi) is 16.4. The molecule has 1 atom stereocenters. The molecule has 1 aromatic carbocycles. The first-order valence-corrected chi connectivity index (χ1v) is 24.8. The quantitative estimate of drug-likeness (QED) is 0.0599. The molecule has 1 unspecified atom stereocenters. The van der Waals surface area contributed by atoms with E-state index in [2.05, 4.69) is 5.32 Å². The molecule has 0 saturated heterocycles. The Balaban J connectivity index is 1.42. The number of anilines is 1. The first-order valence-electron chi connectivity index (χ1n) is 20.2. The molecule has 2 N–H and O–H groups in total. The molecule has 4 aliphatic rings. The Morgan fingerprint density at radius 1 is 0.905 bits per heavy atom. The largest absolute Gasteiger partial charge is 0.748 e. The number of unbranched alkanes of at least 4 members (excludes halogenated alkanes) is 2. The lowest BCUT2D eigenvalue weighted by Crippen LogP contribution is -2.38. The molecule has 3 amide bonds. The van der Waals surface area contributed by atoms with Crippen molar-refractivity contribution in [3.8, 4) is 11.3 Å². The zero-order chi connectivity index (χ0) is 46.0. The van der Waals surface area contributed by atoms with Gasteiger partial charge >= 0.3 is 0 Å². The van der Waals surface area contributed by atoms with Crippen molar-refractivity contribution in [1.82, 2.24) is 14.8 Å². The molecule has 0 radical (unpaired) electrons. The molecule has 0 aromatic heterocycles. The van der Waals surface area contributed by atoms with Crippen LogP contribution in [0.4, 0.5) is 5.69 Å². The van der Waals surface area contributed by atoms with E-state index in [4.69, 9.17) is 9.15 Å². The standard InChI is InChI=1S/C42H52N4O14S3/c1-42(19-7-27-61(50,51)52)35-30-33(63(56,57)58)13-15-36(35)45(22-5-3-4-11-39(47)43-20-23-46-40(48)16-17-41(46)49)38(42)10-6-9-31-18-25-60-37-29-32(12-14-34(31)37)44(24-26-59-2)21-8-28-62(53,54)55/h6,9-10,12-18,25,29-30H,3-5,7-8,11,19-24,26-28H2,1-2H3,(H3-,43,47,50,51,52,53,54,55,56,57,58)/p-1. The summed E-state index contributed by atoms with van der Waals surface area (Å²) in [6.07, 6.45) is 11.4. The lowest BCUT2D eigenvalue weighted by atomic mass is 9.77. The van der Waals surface area contributed by atoms with Crippen LogP contribution in [0.5, 0.6) is 0 Å². The van der Waals surface area contributed by atoms with Gasteiger partial charge in [-0.25, -0.2) is 21.4 Å². The van der Waals surface area contributed by atoms with Crippen molar-refractivity contribution < 1.29 is 62.4 Å². The van der Waals surface area contributed by atoms with Crippen LogP contribution in [0.1, 0.15) is 63.0 Å². The van der Waals surface area contributed by atoms with Crippen LogP contribution in [0.3, 0.4) is 0 Å². The zero-order valence-electron chi connectivity index (χ0n) is 34.9. The summed E-state index contributed by atoms with van der Waals surface area (Å²) in [5.74, 6) is -1.65. The third-order valence-corrected chi connectivity index (χ3v) is 13.3. The van der Waals surface area contributed by atoms with Gasteiger partial charge in [0.1, 0.15) is 29.0 Å². The van der Waals surface area contributed by atoms with E-state index in [-0.39, 0.29) is 44.7 Å². The van der Waals surface area contributed by atoms with E-state index in [1.54, 1.807) is 26.2 Å². The van der Waals surface area contributed by atoms with Gasteiger partial charge in [0.15, 0.2) is 6.54 Å². The van der Waals surface area contributed by atoms with Gasteiger partial charge in [0, 0.05) is 85.9 Å². The minimum atomic E-state index is -4.88. The van der Waals surface area contributed by atoms with Crippen LogP contribution in [0.25, 0.3) is 17.4 Å². The van der Waals surface area contributed by atoms with Gasteiger partial charge in [0.2, 0.25) is 11.3 Å². The number of carbonyl (C=O) groups is 3. The highest BCUT2D eigenvalue weighted by Gasteiger charge is 2.43. The van der Waals surface area contributed by atoms with E-state index in [0.29, 0.717) is 68.2 Å². The van der Waals surface area contributed by atoms with Gasteiger partial charge in [0.25, 0.3) is 21.9 Å². The Morgan fingerprint density at radius 3 is 2.33 bits per heavy atom. The molecule has 0 bridgehead atoms. The van der Waals surface area contributed by atoms with Gasteiger partial charge in [-0.1, -0.05) is 18.6 Å². The van der Waals surface area contributed by atoms with Crippen LogP contribution >= 0.6 is 0 Å². The highest BCUT2D eigenvalue weighted by atomic mass is 32.2.